The quantitative estimate of drug-likeness (QED) is 0.577. The molecule has 0 unspecified atom stereocenters. The maximum atomic E-state index is 12.0. The van der Waals surface area contributed by atoms with Crippen LogP contribution < -0.4 is 4.90 Å². The van der Waals surface area contributed by atoms with Gasteiger partial charge < -0.3 is 24.7 Å². The number of anilines is 1. The number of aromatic nitrogens is 1. The number of pyridine rings is 1. The van der Waals surface area contributed by atoms with Crippen molar-refractivity contribution in [2.24, 2.45) is 0 Å². The van der Waals surface area contributed by atoms with E-state index in [1.54, 1.807) is 11.0 Å². The maximum absolute atomic E-state index is 12.0. The van der Waals surface area contributed by atoms with Crippen LogP contribution in [0.5, 0.6) is 0 Å². The number of piperazine rings is 1. The molecule has 8 heteroatoms. The molecule has 0 aliphatic carbocycles. The molecular formula is C18H32N4O4. The lowest BCUT2D eigenvalue weighted by atomic mass is 10.2. The van der Waals surface area contributed by atoms with Gasteiger partial charge in [-0.2, -0.15) is 0 Å². The van der Waals surface area contributed by atoms with Crippen molar-refractivity contribution in [3.63, 3.8) is 0 Å². The lowest BCUT2D eigenvalue weighted by Crippen LogP contribution is -2.50. The fraction of sp³-hybridized carbons (Fsp3) is 0.667. The van der Waals surface area contributed by atoms with Crippen LogP contribution in [-0.4, -0.2) is 52.7 Å². The summed E-state index contributed by atoms with van der Waals surface area (Å²) in [6.45, 7) is 15.9. The Morgan fingerprint density at radius 2 is 1.65 bits per heavy atom. The average molecular weight is 368 g/mol. The first-order chi connectivity index (χ1) is 12.3. The number of hydrogen-bond donors (Lipinski definition) is 0. The van der Waals surface area contributed by atoms with Gasteiger partial charge >= 0.3 is 11.9 Å². The molecule has 1 aromatic heterocycles. The smallest absolute Gasteiger partial charge is 0.410 e. The van der Waals surface area contributed by atoms with Crippen LogP contribution >= 0.6 is 0 Å². The van der Waals surface area contributed by atoms with Crippen molar-refractivity contribution in [1.82, 2.24) is 9.88 Å². The van der Waals surface area contributed by atoms with Crippen LogP contribution in [0.1, 0.15) is 48.5 Å². The summed E-state index contributed by atoms with van der Waals surface area (Å²) < 4.78 is 5.34. The zero-order chi connectivity index (χ0) is 20.3. The van der Waals surface area contributed by atoms with Crippen LogP contribution in [0.25, 0.3) is 0 Å². The fourth-order valence-electron chi connectivity index (χ4n) is 2.15. The van der Waals surface area contributed by atoms with E-state index in [0.29, 0.717) is 26.2 Å². The molecule has 0 atom stereocenters. The highest BCUT2D eigenvalue weighted by molar-refractivity contribution is 5.68. The maximum Gasteiger partial charge on any atom is 0.410 e. The van der Waals surface area contributed by atoms with Gasteiger partial charge in [-0.1, -0.05) is 27.7 Å². The van der Waals surface area contributed by atoms with E-state index in [2.05, 4.69) is 4.98 Å². The molecule has 0 saturated carbocycles. The van der Waals surface area contributed by atoms with Gasteiger partial charge in [0.2, 0.25) is 0 Å². The topological polar surface area (TPSA) is 88.8 Å². The van der Waals surface area contributed by atoms with Gasteiger partial charge in [-0.25, -0.2) is 4.79 Å². The second-order valence-electron chi connectivity index (χ2n) is 6.09. The molecule has 1 fully saturated rings. The summed E-state index contributed by atoms with van der Waals surface area (Å²) in [6, 6.07) is 3.06. The predicted octanol–water partition coefficient (Wildman–Crippen LogP) is 4.10. The van der Waals surface area contributed by atoms with Gasteiger partial charge in [-0.15, -0.1) is 0 Å². The van der Waals surface area contributed by atoms with Gasteiger partial charge in [0, 0.05) is 32.2 Å². The summed E-state index contributed by atoms with van der Waals surface area (Å²) in [5.41, 5.74) is 0.311. The van der Waals surface area contributed by atoms with Crippen molar-refractivity contribution in [2.45, 2.75) is 54.1 Å². The minimum absolute atomic E-state index is 0.170. The number of carbonyl (C=O) groups excluding carboxylic acids is 1. The molecule has 1 amide bonds. The molecule has 0 aromatic carbocycles. The molecule has 0 radical (unpaired) electrons. The van der Waals surface area contributed by atoms with E-state index < -0.39 is 10.5 Å². The third kappa shape index (κ3) is 7.67. The van der Waals surface area contributed by atoms with Gasteiger partial charge in [0.1, 0.15) is 5.60 Å². The van der Waals surface area contributed by atoms with E-state index in [9.17, 15) is 14.9 Å². The molecule has 8 nitrogen and oxygen atoms in total. The third-order valence-corrected chi connectivity index (χ3v) is 3.22. The van der Waals surface area contributed by atoms with E-state index in [0.717, 1.165) is 5.69 Å². The number of nitrogens with zero attached hydrogens (tertiary/aromatic N) is 4. The van der Waals surface area contributed by atoms with Crippen LogP contribution in [0.15, 0.2) is 18.3 Å². The van der Waals surface area contributed by atoms with Gasteiger partial charge in [-0.3, -0.25) is 0 Å². The Kier molecular flexibility index (Phi) is 10.2. The molecule has 1 aliphatic rings. The molecule has 1 aromatic rings. The standard InChI is InChI=1S/C14H20N4O4.2C2H6/c1-14(2,3)22-13(19)17-8-6-16(7-9-17)11-4-5-12(15-10-11)18(20)21;2*1-2/h4-5,10H,6-9H2,1-3H3;2*1-2H3. The summed E-state index contributed by atoms with van der Waals surface area (Å²) in [5, 5.41) is 10.6. The van der Waals surface area contributed by atoms with Gasteiger partial charge in [-0.05, 0) is 36.7 Å². The summed E-state index contributed by atoms with van der Waals surface area (Å²) in [6.07, 6.45) is 1.18. The molecule has 0 N–H and O–H groups in total. The summed E-state index contributed by atoms with van der Waals surface area (Å²) in [4.78, 5) is 29.6. The minimum Gasteiger partial charge on any atom is -0.444 e. The Balaban J connectivity index is 0.00000146. The van der Waals surface area contributed by atoms with E-state index in [1.807, 2.05) is 53.4 Å². The zero-order valence-corrected chi connectivity index (χ0v) is 17.0. The van der Waals surface area contributed by atoms with Gasteiger partial charge in [0.05, 0.1) is 5.69 Å². The van der Waals surface area contributed by atoms with Crippen molar-refractivity contribution in [2.75, 3.05) is 31.1 Å². The van der Waals surface area contributed by atoms with Crippen molar-refractivity contribution in [3.8, 4) is 0 Å². The van der Waals surface area contributed by atoms with Gasteiger partial charge in [0.15, 0.2) is 6.20 Å². The normalized spacial score (nSPS) is 13.7. The highest BCUT2D eigenvalue weighted by Gasteiger charge is 2.26. The number of ether oxygens (including phenoxy) is 1. The zero-order valence-electron chi connectivity index (χ0n) is 17.0. The molecule has 2 heterocycles. The Labute approximate surface area is 156 Å². The molecular weight excluding hydrogens is 336 g/mol. The Morgan fingerprint density at radius 3 is 2.04 bits per heavy atom. The molecule has 1 aliphatic heterocycles. The van der Waals surface area contributed by atoms with Gasteiger partial charge in [0.25, 0.3) is 0 Å². The third-order valence-electron chi connectivity index (χ3n) is 3.22. The molecule has 0 bridgehead atoms. The number of rotatable bonds is 2. The first-order valence-electron chi connectivity index (χ1n) is 9.09. The van der Waals surface area contributed by atoms with E-state index in [4.69, 9.17) is 4.74 Å². The minimum atomic E-state index is -0.524. The highest BCUT2D eigenvalue weighted by atomic mass is 16.6. The Morgan fingerprint density at radius 1 is 1.12 bits per heavy atom. The number of carbonyl (C=O) groups is 1. The second kappa shape index (κ2) is 11.3. The Hall–Kier alpha value is -2.38. The van der Waals surface area contributed by atoms with Crippen LogP contribution in [0.3, 0.4) is 0 Å². The number of nitro groups is 1. The second-order valence-corrected chi connectivity index (χ2v) is 6.09. The van der Waals surface area contributed by atoms with Crippen LogP contribution in [0.4, 0.5) is 16.3 Å². The first-order valence-corrected chi connectivity index (χ1v) is 9.09. The summed E-state index contributed by atoms with van der Waals surface area (Å²) in [7, 11) is 0. The van der Waals surface area contributed by atoms with Crippen molar-refractivity contribution in [1.29, 1.82) is 0 Å². The van der Waals surface area contributed by atoms with Crippen molar-refractivity contribution >= 4 is 17.6 Å². The molecule has 1 saturated heterocycles. The number of hydrogen-bond acceptors (Lipinski definition) is 6. The molecule has 0 spiro atoms. The largest absolute Gasteiger partial charge is 0.444 e. The highest BCUT2D eigenvalue weighted by Crippen LogP contribution is 2.19. The lowest BCUT2D eigenvalue weighted by Gasteiger charge is -2.36. The lowest BCUT2D eigenvalue weighted by molar-refractivity contribution is -0.389. The molecule has 148 valence electrons. The van der Waals surface area contributed by atoms with Crippen molar-refractivity contribution < 1.29 is 14.5 Å². The first kappa shape index (κ1) is 23.6. The van der Waals surface area contributed by atoms with E-state index in [-0.39, 0.29) is 11.9 Å². The van der Waals surface area contributed by atoms with E-state index >= 15 is 0 Å². The molecule has 26 heavy (non-hydrogen) atoms. The Bertz CT molecular complexity index is 547. The monoisotopic (exact) mass is 368 g/mol. The SMILES string of the molecule is CC.CC.CC(C)(C)OC(=O)N1CCN(c2ccc([N+](=O)[O-])nc2)CC1. The molecule has 2 rings (SSSR count). The van der Waals surface area contributed by atoms with Crippen LogP contribution in [0, 0.1) is 10.1 Å². The van der Waals surface area contributed by atoms with Crippen molar-refractivity contribution in [3.05, 3.63) is 28.4 Å². The average Bonchev–Trinajstić information content (AvgIpc) is 2.64. The predicted molar refractivity (Wildman–Crippen MR) is 104 cm³/mol. The van der Waals surface area contributed by atoms with Crippen LogP contribution in [-0.2, 0) is 4.74 Å². The summed E-state index contributed by atoms with van der Waals surface area (Å²) in [5.74, 6) is -0.170. The van der Waals surface area contributed by atoms with Crippen LogP contribution in [0.2, 0.25) is 0 Å². The summed E-state index contributed by atoms with van der Waals surface area (Å²) >= 11 is 0. The van der Waals surface area contributed by atoms with E-state index in [1.165, 1.54) is 12.3 Å². The number of amides is 1. The fourth-order valence-corrected chi connectivity index (χ4v) is 2.15.